The molecule has 1 fully saturated rings. The van der Waals surface area contributed by atoms with Gasteiger partial charge in [-0.1, -0.05) is 12.2 Å². The summed E-state index contributed by atoms with van der Waals surface area (Å²) in [7, 11) is -3.54. The standard InChI is InChI=1S/C15H19N3O4S/c1-23(21,22)15-10-12(18(19)20)4-5-14(15)17-9-6-13(11-17)16-7-2-3-8-16/h2-5,10,13H,6-9,11H2,1H3. The summed E-state index contributed by atoms with van der Waals surface area (Å²) >= 11 is 0. The molecule has 3 rings (SSSR count). The van der Waals surface area contributed by atoms with E-state index in [4.69, 9.17) is 0 Å². The van der Waals surface area contributed by atoms with E-state index in [1.54, 1.807) is 6.07 Å². The van der Waals surface area contributed by atoms with Crippen LogP contribution in [0.2, 0.25) is 0 Å². The Morgan fingerprint density at radius 3 is 2.57 bits per heavy atom. The Kier molecular flexibility index (Phi) is 4.11. The first kappa shape index (κ1) is 15.9. The highest BCUT2D eigenvalue weighted by atomic mass is 32.2. The molecule has 23 heavy (non-hydrogen) atoms. The minimum absolute atomic E-state index is 0.0342. The van der Waals surface area contributed by atoms with Crippen LogP contribution in [0.1, 0.15) is 6.42 Å². The third-order valence-electron chi connectivity index (χ3n) is 4.42. The van der Waals surface area contributed by atoms with Crippen LogP contribution in [0.4, 0.5) is 11.4 Å². The summed E-state index contributed by atoms with van der Waals surface area (Å²) in [5.41, 5.74) is 0.362. The number of hydrogen-bond acceptors (Lipinski definition) is 6. The fourth-order valence-electron chi connectivity index (χ4n) is 3.23. The molecule has 0 bridgehead atoms. The molecule has 1 unspecified atom stereocenters. The number of nitro benzene ring substituents is 1. The Bertz CT molecular complexity index is 752. The zero-order valence-electron chi connectivity index (χ0n) is 12.9. The average Bonchev–Trinajstić information content (AvgIpc) is 3.16. The average molecular weight is 337 g/mol. The molecule has 2 heterocycles. The Morgan fingerprint density at radius 1 is 1.26 bits per heavy atom. The second-order valence-electron chi connectivity index (χ2n) is 6.00. The number of non-ortho nitro benzene ring substituents is 1. The molecule has 0 radical (unpaired) electrons. The van der Waals surface area contributed by atoms with Crippen molar-refractivity contribution in [3.05, 3.63) is 40.5 Å². The minimum Gasteiger partial charge on any atom is -0.369 e. The van der Waals surface area contributed by atoms with Crippen LogP contribution in [-0.4, -0.2) is 56.7 Å². The number of sulfone groups is 1. The van der Waals surface area contributed by atoms with Crippen LogP contribution in [0.5, 0.6) is 0 Å². The van der Waals surface area contributed by atoms with Gasteiger partial charge in [-0.2, -0.15) is 0 Å². The highest BCUT2D eigenvalue weighted by Crippen LogP contribution is 2.32. The largest absolute Gasteiger partial charge is 0.369 e. The van der Waals surface area contributed by atoms with Gasteiger partial charge in [-0.25, -0.2) is 8.42 Å². The van der Waals surface area contributed by atoms with Crippen molar-refractivity contribution in [1.29, 1.82) is 0 Å². The topological polar surface area (TPSA) is 83.8 Å². The van der Waals surface area contributed by atoms with E-state index in [0.717, 1.165) is 44.9 Å². The monoisotopic (exact) mass is 337 g/mol. The quantitative estimate of drug-likeness (QED) is 0.470. The fraction of sp³-hybridized carbons (Fsp3) is 0.467. The van der Waals surface area contributed by atoms with E-state index < -0.39 is 14.8 Å². The molecule has 124 valence electrons. The maximum atomic E-state index is 12.1. The number of anilines is 1. The summed E-state index contributed by atoms with van der Waals surface area (Å²) in [6.07, 6.45) is 6.32. The zero-order chi connectivity index (χ0) is 16.6. The molecule has 0 spiro atoms. The molecular weight excluding hydrogens is 318 g/mol. The van der Waals surface area contributed by atoms with Gasteiger partial charge in [-0.15, -0.1) is 0 Å². The van der Waals surface area contributed by atoms with Crippen molar-refractivity contribution >= 4 is 21.2 Å². The second-order valence-corrected chi connectivity index (χ2v) is 7.98. The van der Waals surface area contributed by atoms with Crippen LogP contribution in [0, 0.1) is 10.1 Å². The maximum absolute atomic E-state index is 12.1. The molecule has 1 aromatic rings. The first-order valence-corrected chi connectivity index (χ1v) is 9.38. The molecule has 0 aromatic heterocycles. The van der Waals surface area contributed by atoms with E-state index >= 15 is 0 Å². The number of hydrogen-bond donors (Lipinski definition) is 0. The predicted molar refractivity (Wildman–Crippen MR) is 87.5 cm³/mol. The molecule has 2 aliphatic rings. The molecule has 8 heteroatoms. The first-order valence-electron chi connectivity index (χ1n) is 7.49. The lowest BCUT2D eigenvalue weighted by Crippen LogP contribution is -2.35. The van der Waals surface area contributed by atoms with Gasteiger partial charge in [0.25, 0.3) is 5.69 Å². The molecule has 0 saturated carbocycles. The number of rotatable bonds is 4. The van der Waals surface area contributed by atoms with Crippen LogP contribution < -0.4 is 4.90 Å². The zero-order valence-corrected chi connectivity index (χ0v) is 13.7. The molecule has 1 atom stereocenters. The van der Waals surface area contributed by atoms with Gasteiger partial charge >= 0.3 is 0 Å². The van der Waals surface area contributed by atoms with Gasteiger partial charge in [-0.3, -0.25) is 15.0 Å². The maximum Gasteiger partial charge on any atom is 0.270 e. The van der Waals surface area contributed by atoms with Gasteiger partial charge in [0.05, 0.1) is 15.5 Å². The van der Waals surface area contributed by atoms with E-state index in [0.29, 0.717) is 11.7 Å². The lowest BCUT2D eigenvalue weighted by Gasteiger charge is -2.25. The number of nitrogens with zero attached hydrogens (tertiary/aromatic N) is 3. The van der Waals surface area contributed by atoms with Gasteiger partial charge in [0.15, 0.2) is 9.84 Å². The molecular formula is C15H19N3O4S. The Labute approximate surface area is 135 Å². The van der Waals surface area contributed by atoms with Crippen molar-refractivity contribution in [2.45, 2.75) is 17.4 Å². The van der Waals surface area contributed by atoms with E-state index in [-0.39, 0.29) is 10.6 Å². The van der Waals surface area contributed by atoms with Crippen molar-refractivity contribution in [1.82, 2.24) is 4.90 Å². The molecule has 1 saturated heterocycles. The van der Waals surface area contributed by atoms with Crippen molar-refractivity contribution in [2.24, 2.45) is 0 Å². The summed E-state index contributed by atoms with van der Waals surface area (Å²) < 4.78 is 24.1. The van der Waals surface area contributed by atoms with Crippen LogP contribution in [0.15, 0.2) is 35.2 Å². The smallest absolute Gasteiger partial charge is 0.270 e. The number of benzene rings is 1. The Morgan fingerprint density at radius 2 is 1.96 bits per heavy atom. The summed E-state index contributed by atoms with van der Waals surface area (Å²) in [6, 6.07) is 4.47. The minimum atomic E-state index is -3.54. The lowest BCUT2D eigenvalue weighted by atomic mass is 10.2. The van der Waals surface area contributed by atoms with Gasteiger partial charge < -0.3 is 4.90 Å². The summed E-state index contributed by atoms with van der Waals surface area (Å²) in [5.74, 6) is 0. The van der Waals surface area contributed by atoms with Crippen LogP contribution in [-0.2, 0) is 9.84 Å². The van der Waals surface area contributed by atoms with Crippen molar-refractivity contribution in [2.75, 3.05) is 37.3 Å². The number of nitro groups is 1. The normalized spacial score (nSPS) is 22.0. The summed E-state index contributed by atoms with van der Waals surface area (Å²) in [6.45, 7) is 3.35. The highest BCUT2D eigenvalue weighted by Gasteiger charge is 2.31. The predicted octanol–water partition coefficient (Wildman–Crippen LogP) is 1.45. The van der Waals surface area contributed by atoms with E-state index in [2.05, 4.69) is 17.1 Å². The van der Waals surface area contributed by atoms with Crippen LogP contribution in [0.3, 0.4) is 0 Å². The van der Waals surface area contributed by atoms with Gasteiger partial charge in [0.1, 0.15) is 0 Å². The lowest BCUT2D eigenvalue weighted by molar-refractivity contribution is -0.385. The first-order chi connectivity index (χ1) is 10.9. The van der Waals surface area contributed by atoms with Crippen molar-refractivity contribution in [3.8, 4) is 0 Å². The molecule has 2 aliphatic heterocycles. The SMILES string of the molecule is CS(=O)(=O)c1cc([N+](=O)[O-])ccc1N1CCC(N2CC=CC2)C1. The molecule has 0 amide bonds. The molecule has 7 nitrogen and oxygen atoms in total. The van der Waals surface area contributed by atoms with Crippen molar-refractivity contribution < 1.29 is 13.3 Å². The second kappa shape index (κ2) is 5.93. The molecule has 1 aromatic carbocycles. The summed E-state index contributed by atoms with van der Waals surface area (Å²) in [4.78, 5) is 14.8. The fourth-order valence-corrected chi connectivity index (χ4v) is 4.14. The van der Waals surface area contributed by atoms with E-state index in [1.807, 2.05) is 4.90 Å². The van der Waals surface area contributed by atoms with Gasteiger partial charge in [0, 0.05) is 50.6 Å². The molecule has 0 aliphatic carbocycles. The van der Waals surface area contributed by atoms with Crippen LogP contribution in [0.25, 0.3) is 0 Å². The van der Waals surface area contributed by atoms with E-state index in [9.17, 15) is 18.5 Å². The van der Waals surface area contributed by atoms with Gasteiger partial charge in [0.2, 0.25) is 0 Å². The summed E-state index contributed by atoms with van der Waals surface area (Å²) in [5, 5.41) is 10.9. The molecule has 0 N–H and O–H groups in total. The third-order valence-corrected chi connectivity index (χ3v) is 5.55. The Balaban J connectivity index is 1.89. The van der Waals surface area contributed by atoms with E-state index in [1.165, 1.54) is 6.07 Å². The Hall–Kier alpha value is -1.93. The third kappa shape index (κ3) is 3.23. The van der Waals surface area contributed by atoms with Gasteiger partial charge in [-0.05, 0) is 12.5 Å². The van der Waals surface area contributed by atoms with Crippen molar-refractivity contribution in [3.63, 3.8) is 0 Å². The van der Waals surface area contributed by atoms with Crippen LogP contribution >= 0.6 is 0 Å². The highest BCUT2D eigenvalue weighted by molar-refractivity contribution is 7.90.